The maximum atomic E-state index is 11.6. The molecule has 0 aliphatic carbocycles. The number of nitrogens with one attached hydrogen (secondary N) is 1. The molecule has 0 radical (unpaired) electrons. The van der Waals surface area contributed by atoms with Gasteiger partial charge in [-0.15, -0.1) is 0 Å². The maximum absolute atomic E-state index is 11.6. The van der Waals surface area contributed by atoms with Gasteiger partial charge in [-0.25, -0.2) is 9.59 Å². The third-order valence-corrected chi connectivity index (χ3v) is 2.93. The van der Waals surface area contributed by atoms with Crippen LogP contribution in [-0.2, 0) is 20.9 Å². The molecule has 0 heterocycles. The average molecular weight is 328 g/mol. The molecular weight excluding hydrogens is 312 g/mol. The van der Waals surface area contributed by atoms with Crippen molar-refractivity contribution in [1.29, 1.82) is 0 Å². The molecule has 120 valence electrons. The number of nitro benzene ring substituents is 1. The second kappa shape index (κ2) is 8.88. The predicted molar refractivity (Wildman–Crippen MR) is 80.7 cm³/mol. The third kappa shape index (κ3) is 5.60. The number of carbonyl (C=O) groups excluding carboxylic acids is 2. The quantitative estimate of drug-likeness (QED) is 0.341. The van der Waals surface area contributed by atoms with Crippen LogP contribution in [0.2, 0.25) is 0 Å². The zero-order valence-corrected chi connectivity index (χ0v) is 12.7. The van der Waals surface area contributed by atoms with E-state index in [1.807, 2.05) is 0 Å². The molecule has 1 amide bonds. The van der Waals surface area contributed by atoms with E-state index in [1.54, 1.807) is 6.92 Å². The fourth-order valence-corrected chi connectivity index (χ4v) is 1.71. The van der Waals surface area contributed by atoms with Gasteiger partial charge in [0, 0.05) is 17.9 Å². The Morgan fingerprint density at radius 3 is 2.45 bits per heavy atom. The number of esters is 1. The zero-order chi connectivity index (χ0) is 16.5. The van der Waals surface area contributed by atoms with Gasteiger partial charge in [0.05, 0.1) is 11.5 Å². The smallest absolute Gasteiger partial charge is 0.408 e. The molecule has 0 aliphatic heterocycles. The minimum atomic E-state index is -0.896. The highest BCUT2D eigenvalue weighted by Crippen LogP contribution is 2.12. The van der Waals surface area contributed by atoms with E-state index < -0.39 is 23.0 Å². The topological polar surface area (TPSA) is 108 Å². The highest BCUT2D eigenvalue weighted by Gasteiger charge is 2.21. The highest BCUT2D eigenvalue weighted by atomic mass is 32.1. The first-order valence-corrected chi connectivity index (χ1v) is 7.05. The van der Waals surface area contributed by atoms with E-state index in [1.165, 1.54) is 24.3 Å². The SMILES string of the molecule is CCOC(=O)[C@H](CS)NC(=O)OCc1ccc([N+](=O)[O-])cc1. The van der Waals surface area contributed by atoms with E-state index in [0.717, 1.165) is 0 Å². The number of carbonyl (C=O) groups is 2. The minimum Gasteiger partial charge on any atom is -0.464 e. The first-order valence-electron chi connectivity index (χ1n) is 6.42. The van der Waals surface area contributed by atoms with Crippen molar-refractivity contribution >= 4 is 30.4 Å². The van der Waals surface area contributed by atoms with Gasteiger partial charge < -0.3 is 14.8 Å². The highest BCUT2D eigenvalue weighted by molar-refractivity contribution is 7.80. The number of amides is 1. The van der Waals surface area contributed by atoms with Gasteiger partial charge in [0.2, 0.25) is 0 Å². The summed E-state index contributed by atoms with van der Waals surface area (Å²) < 4.78 is 9.70. The molecule has 1 aromatic carbocycles. The number of alkyl carbamates (subject to hydrolysis) is 1. The lowest BCUT2D eigenvalue weighted by Gasteiger charge is -2.14. The van der Waals surface area contributed by atoms with Crippen molar-refractivity contribution < 1.29 is 24.0 Å². The van der Waals surface area contributed by atoms with Gasteiger partial charge in [-0.1, -0.05) is 0 Å². The van der Waals surface area contributed by atoms with E-state index in [-0.39, 0.29) is 24.7 Å². The number of nitro groups is 1. The van der Waals surface area contributed by atoms with Crippen LogP contribution in [0.1, 0.15) is 12.5 Å². The summed E-state index contributed by atoms with van der Waals surface area (Å²) in [5.74, 6) is -0.518. The Morgan fingerprint density at radius 1 is 1.32 bits per heavy atom. The lowest BCUT2D eigenvalue weighted by Crippen LogP contribution is -2.43. The van der Waals surface area contributed by atoms with E-state index in [4.69, 9.17) is 9.47 Å². The van der Waals surface area contributed by atoms with Gasteiger partial charge in [-0.05, 0) is 24.6 Å². The van der Waals surface area contributed by atoms with Crippen molar-refractivity contribution in [3.63, 3.8) is 0 Å². The molecule has 1 atom stereocenters. The molecule has 0 spiro atoms. The lowest BCUT2D eigenvalue weighted by molar-refractivity contribution is -0.384. The van der Waals surface area contributed by atoms with E-state index in [0.29, 0.717) is 5.56 Å². The van der Waals surface area contributed by atoms with Gasteiger partial charge in [0.15, 0.2) is 0 Å². The monoisotopic (exact) mass is 328 g/mol. The molecular formula is C13H16N2O6S. The van der Waals surface area contributed by atoms with Crippen molar-refractivity contribution in [2.75, 3.05) is 12.4 Å². The van der Waals surface area contributed by atoms with Gasteiger partial charge in [0.1, 0.15) is 12.6 Å². The Labute approximate surface area is 132 Å². The fraction of sp³-hybridized carbons (Fsp3) is 0.385. The van der Waals surface area contributed by atoms with Crippen molar-refractivity contribution in [3.05, 3.63) is 39.9 Å². The Balaban J connectivity index is 2.48. The Hall–Kier alpha value is -2.29. The van der Waals surface area contributed by atoms with Crippen LogP contribution >= 0.6 is 12.6 Å². The summed E-state index contributed by atoms with van der Waals surface area (Å²) in [5.41, 5.74) is 0.532. The molecule has 0 aromatic heterocycles. The number of rotatable bonds is 7. The van der Waals surface area contributed by atoms with Crippen LogP contribution in [0, 0.1) is 10.1 Å². The summed E-state index contributed by atoms with van der Waals surface area (Å²) in [5, 5.41) is 12.8. The molecule has 0 unspecified atom stereocenters. The molecule has 0 aliphatic rings. The summed E-state index contributed by atoms with van der Waals surface area (Å²) in [6.07, 6.45) is -0.801. The van der Waals surface area contributed by atoms with Gasteiger partial charge in [-0.3, -0.25) is 10.1 Å². The molecule has 0 fully saturated rings. The van der Waals surface area contributed by atoms with Crippen LogP contribution in [0.3, 0.4) is 0 Å². The number of thiol groups is 1. The first-order chi connectivity index (χ1) is 10.5. The predicted octanol–water partition coefficient (Wildman–Crippen LogP) is 1.68. The number of ether oxygens (including phenoxy) is 2. The molecule has 8 nitrogen and oxygen atoms in total. The third-order valence-electron chi connectivity index (χ3n) is 2.56. The van der Waals surface area contributed by atoms with Crippen LogP contribution in [0.4, 0.5) is 10.5 Å². The maximum Gasteiger partial charge on any atom is 0.408 e. The molecule has 1 aromatic rings. The summed E-state index contributed by atoms with van der Waals surface area (Å²) in [4.78, 5) is 33.1. The summed E-state index contributed by atoms with van der Waals surface area (Å²) >= 11 is 3.96. The van der Waals surface area contributed by atoms with Crippen LogP contribution in [0.25, 0.3) is 0 Å². The second-order valence-corrected chi connectivity index (χ2v) is 4.50. The number of nitrogens with zero attached hydrogens (tertiary/aromatic N) is 1. The summed E-state index contributed by atoms with van der Waals surface area (Å²) in [6, 6.07) is 4.68. The number of benzene rings is 1. The Bertz CT molecular complexity index is 534. The number of hydrogen-bond acceptors (Lipinski definition) is 7. The van der Waals surface area contributed by atoms with Gasteiger partial charge in [0.25, 0.3) is 5.69 Å². The Morgan fingerprint density at radius 2 is 1.95 bits per heavy atom. The van der Waals surface area contributed by atoms with Crippen molar-refractivity contribution in [2.45, 2.75) is 19.6 Å². The normalized spacial score (nSPS) is 11.4. The van der Waals surface area contributed by atoms with Gasteiger partial charge in [-0.2, -0.15) is 12.6 Å². The second-order valence-electron chi connectivity index (χ2n) is 4.13. The van der Waals surface area contributed by atoms with Crippen LogP contribution in [0.5, 0.6) is 0 Å². The molecule has 9 heteroatoms. The summed E-state index contributed by atoms with van der Waals surface area (Å²) in [6.45, 7) is 1.77. The minimum absolute atomic E-state index is 0.0503. The van der Waals surface area contributed by atoms with Crippen molar-refractivity contribution in [1.82, 2.24) is 5.32 Å². The van der Waals surface area contributed by atoms with Crippen LogP contribution in [-0.4, -0.2) is 35.4 Å². The lowest BCUT2D eigenvalue weighted by atomic mass is 10.2. The molecule has 1 rings (SSSR count). The van der Waals surface area contributed by atoms with E-state index in [9.17, 15) is 19.7 Å². The number of hydrogen-bond donors (Lipinski definition) is 2. The average Bonchev–Trinajstić information content (AvgIpc) is 2.51. The first kappa shape index (κ1) is 17.8. The van der Waals surface area contributed by atoms with Crippen LogP contribution in [0.15, 0.2) is 24.3 Å². The molecule has 0 saturated carbocycles. The van der Waals surface area contributed by atoms with E-state index >= 15 is 0 Å². The number of non-ortho nitro benzene ring substituents is 1. The van der Waals surface area contributed by atoms with Crippen molar-refractivity contribution in [3.8, 4) is 0 Å². The van der Waals surface area contributed by atoms with E-state index in [2.05, 4.69) is 17.9 Å². The molecule has 0 bridgehead atoms. The summed E-state index contributed by atoms with van der Waals surface area (Å²) in [7, 11) is 0. The Kier molecular flexibility index (Phi) is 7.17. The molecule has 22 heavy (non-hydrogen) atoms. The van der Waals surface area contributed by atoms with Crippen molar-refractivity contribution in [2.24, 2.45) is 0 Å². The molecule has 1 N–H and O–H groups in total. The van der Waals surface area contributed by atoms with Gasteiger partial charge >= 0.3 is 12.1 Å². The fourth-order valence-electron chi connectivity index (χ4n) is 1.47. The van der Waals surface area contributed by atoms with Crippen LogP contribution < -0.4 is 5.32 Å². The standard InChI is InChI=1S/C13H16N2O6S/c1-2-20-12(16)11(8-22)14-13(17)21-7-9-3-5-10(6-4-9)15(18)19/h3-6,11,22H,2,7-8H2,1H3,(H,14,17)/t11-/m0/s1. The zero-order valence-electron chi connectivity index (χ0n) is 11.9. The largest absolute Gasteiger partial charge is 0.464 e. The molecule has 0 saturated heterocycles.